The van der Waals surface area contributed by atoms with Gasteiger partial charge < -0.3 is 18.5 Å². The van der Waals surface area contributed by atoms with Crippen LogP contribution in [0.15, 0.2) is 211 Å². The van der Waals surface area contributed by atoms with Crippen molar-refractivity contribution in [1.29, 1.82) is 0 Å². The molecule has 71 heavy (non-hydrogen) atoms. The van der Waals surface area contributed by atoms with Crippen molar-refractivity contribution in [2.75, 3.05) is 4.90 Å². The average molecular weight is 916 g/mol. The first-order valence-electron chi connectivity index (χ1n) is 25.2. The second-order valence-electron chi connectivity index (χ2n) is 20.5. The molecule has 0 bridgehead atoms. The fourth-order valence-corrected chi connectivity index (χ4v) is 12.8. The van der Waals surface area contributed by atoms with E-state index < -0.39 is 0 Å². The highest BCUT2D eigenvalue weighted by atomic mass is 16.3. The Balaban J connectivity index is 0.873. The number of benzene rings is 10. The second kappa shape index (κ2) is 15.8. The average Bonchev–Trinajstić information content (AvgIpc) is 4.10. The molecule has 1 aliphatic carbocycles. The first-order chi connectivity index (χ1) is 34.8. The van der Waals surface area contributed by atoms with Gasteiger partial charge in [0.25, 0.3) is 0 Å². The van der Waals surface area contributed by atoms with E-state index in [4.69, 9.17) is 4.42 Å². The zero-order chi connectivity index (χ0) is 47.5. The third-order valence-electron chi connectivity index (χ3n) is 16.3. The number of hydrogen-bond donors (Lipinski definition) is 0. The summed E-state index contributed by atoms with van der Waals surface area (Å²) in [7, 11) is 4.44. The number of hydrogen-bond acceptors (Lipinski definition) is 2. The van der Waals surface area contributed by atoms with Crippen molar-refractivity contribution >= 4 is 93.4 Å². The number of anilines is 3. The molecule has 0 saturated heterocycles. The van der Waals surface area contributed by atoms with Gasteiger partial charge in [0.15, 0.2) is 0 Å². The zero-order valence-corrected chi connectivity index (χ0v) is 40.6. The number of fused-ring (bicyclic) bond motifs is 14. The lowest BCUT2D eigenvalue weighted by Gasteiger charge is -2.28. The van der Waals surface area contributed by atoms with Crippen LogP contribution >= 0.6 is 0 Å². The van der Waals surface area contributed by atoms with Crippen LogP contribution in [0.5, 0.6) is 0 Å². The molecule has 0 saturated carbocycles. The molecule has 14 rings (SSSR count). The molecule has 3 heterocycles. The molecule has 0 radical (unpaired) electrons. The Morgan fingerprint density at radius 2 is 1.08 bits per heavy atom. The van der Waals surface area contributed by atoms with Crippen LogP contribution in [0.1, 0.15) is 54.0 Å². The summed E-state index contributed by atoms with van der Waals surface area (Å²) in [6.45, 7) is 4.87. The van der Waals surface area contributed by atoms with E-state index >= 15 is 0 Å². The van der Waals surface area contributed by atoms with Crippen LogP contribution in [-0.4, -0.2) is 9.13 Å². The SMILES string of the molecule is Cn1c2ccccc2c2cc(C(CCc3cc4c(c5ccccc35)-c3ccc(N(c5ccccc5)c5ccc6oc7ccccc7c6c5)cc3C4(C)C)Cc3cccc4c5ccccc5n(C)c34)ccc21. The van der Waals surface area contributed by atoms with Gasteiger partial charge in [0, 0.05) is 85.4 Å². The van der Waals surface area contributed by atoms with Crippen molar-refractivity contribution in [2.45, 2.75) is 44.4 Å². The Labute approximate surface area is 413 Å². The maximum absolute atomic E-state index is 6.29. The quantitative estimate of drug-likeness (QED) is 0.144. The minimum Gasteiger partial charge on any atom is -0.456 e. The third kappa shape index (κ3) is 6.37. The molecule has 0 amide bonds. The fourth-order valence-electron chi connectivity index (χ4n) is 12.8. The summed E-state index contributed by atoms with van der Waals surface area (Å²) in [6.07, 6.45) is 2.92. The Morgan fingerprint density at radius 3 is 1.90 bits per heavy atom. The summed E-state index contributed by atoms with van der Waals surface area (Å²) in [5.41, 5.74) is 19.8. The van der Waals surface area contributed by atoms with E-state index in [1.807, 2.05) is 6.07 Å². The molecule has 1 unspecified atom stereocenters. The molecule has 4 heteroatoms. The molecular weight excluding hydrogens is 863 g/mol. The highest BCUT2D eigenvalue weighted by molar-refractivity contribution is 6.11. The molecule has 0 aliphatic heterocycles. The van der Waals surface area contributed by atoms with Gasteiger partial charge in [-0.2, -0.15) is 0 Å². The van der Waals surface area contributed by atoms with Crippen molar-refractivity contribution < 1.29 is 4.42 Å². The topological polar surface area (TPSA) is 26.2 Å². The lowest BCUT2D eigenvalue weighted by atomic mass is 9.80. The number of nitrogens with zero attached hydrogens (tertiary/aromatic N) is 3. The van der Waals surface area contributed by atoms with Gasteiger partial charge in [-0.05, 0) is 148 Å². The van der Waals surface area contributed by atoms with E-state index in [1.54, 1.807) is 0 Å². The molecule has 3 aromatic heterocycles. The van der Waals surface area contributed by atoms with Crippen LogP contribution in [-0.2, 0) is 32.4 Å². The Hall–Kier alpha value is -8.34. The summed E-state index contributed by atoms with van der Waals surface area (Å²) < 4.78 is 11.1. The van der Waals surface area contributed by atoms with Gasteiger partial charge in [0.1, 0.15) is 11.2 Å². The van der Waals surface area contributed by atoms with Gasteiger partial charge in [0.05, 0.1) is 5.52 Å². The number of furan rings is 1. The molecule has 342 valence electrons. The van der Waals surface area contributed by atoms with E-state index in [9.17, 15) is 0 Å². The minimum atomic E-state index is -0.241. The van der Waals surface area contributed by atoms with Gasteiger partial charge >= 0.3 is 0 Å². The molecule has 10 aromatic carbocycles. The van der Waals surface area contributed by atoms with Crippen molar-refractivity contribution in [2.24, 2.45) is 14.1 Å². The second-order valence-corrected chi connectivity index (χ2v) is 20.5. The van der Waals surface area contributed by atoms with E-state index in [2.05, 4.69) is 242 Å². The van der Waals surface area contributed by atoms with Crippen LogP contribution < -0.4 is 4.90 Å². The fraction of sp³-hybridized carbons (Fsp3) is 0.134. The monoisotopic (exact) mass is 915 g/mol. The van der Waals surface area contributed by atoms with Gasteiger partial charge in [-0.1, -0.05) is 147 Å². The van der Waals surface area contributed by atoms with Gasteiger partial charge in [0.2, 0.25) is 0 Å². The zero-order valence-electron chi connectivity index (χ0n) is 40.6. The number of aryl methyl sites for hydroxylation is 3. The molecule has 0 spiro atoms. The number of rotatable bonds is 9. The predicted octanol–water partition coefficient (Wildman–Crippen LogP) is 17.8. The Morgan fingerprint density at radius 1 is 0.451 bits per heavy atom. The molecule has 1 atom stereocenters. The van der Waals surface area contributed by atoms with Gasteiger partial charge in [-0.25, -0.2) is 0 Å². The highest BCUT2D eigenvalue weighted by Gasteiger charge is 2.38. The largest absolute Gasteiger partial charge is 0.456 e. The summed E-state index contributed by atoms with van der Waals surface area (Å²) in [6, 6.07) is 76.6. The van der Waals surface area contributed by atoms with Crippen LogP contribution in [0, 0.1) is 0 Å². The number of para-hydroxylation sites is 5. The van der Waals surface area contributed by atoms with Crippen LogP contribution in [0.25, 0.3) is 87.4 Å². The van der Waals surface area contributed by atoms with E-state index in [0.29, 0.717) is 0 Å². The molecule has 0 N–H and O–H groups in total. The summed E-state index contributed by atoms with van der Waals surface area (Å²) in [5, 5.41) is 10.2. The Kier molecular flexibility index (Phi) is 9.29. The smallest absolute Gasteiger partial charge is 0.135 e. The van der Waals surface area contributed by atoms with E-state index in [0.717, 1.165) is 58.3 Å². The molecule has 13 aromatic rings. The van der Waals surface area contributed by atoms with E-state index in [1.165, 1.54) is 93.3 Å². The van der Waals surface area contributed by atoms with Crippen molar-refractivity contribution in [3.05, 3.63) is 234 Å². The van der Waals surface area contributed by atoms with Gasteiger partial charge in [-0.15, -0.1) is 0 Å². The first-order valence-corrected chi connectivity index (χ1v) is 25.2. The van der Waals surface area contributed by atoms with Crippen molar-refractivity contribution in [3.63, 3.8) is 0 Å². The van der Waals surface area contributed by atoms with Gasteiger partial charge in [-0.3, -0.25) is 0 Å². The lowest BCUT2D eigenvalue weighted by molar-refractivity contribution is 0.621. The maximum atomic E-state index is 6.29. The van der Waals surface area contributed by atoms with Crippen molar-refractivity contribution in [3.8, 4) is 11.1 Å². The standard InChI is InChI=1S/C67H53N3O/c1-67(2)58-41-48(70(46-18-6-5-7-19-46)47-33-36-64-57(40-47)52-23-12-15-28-63(52)71-64)32-34-55(58)65-53-24-9-8-20-49(53)44(39-59(65)67)30-29-42(43-31-35-62-56(38-43)51-22-11-13-26-60(51)68(62)3)37-45-17-16-25-54-50-21-10-14-27-61(50)69(4)66(45)54/h5-28,31-36,38-42H,29-30,37H2,1-4H3. The van der Waals surface area contributed by atoms with Crippen LogP contribution in [0.4, 0.5) is 17.1 Å². The normalized spacial score (nSPS) is 13.6. The Bertz CT molecular complexity index is 4280. The van der Waals surface area contributed by atoms with Crippen LogP contribution in [0.3, 0.4) is 0 Å². The molecule has 0 fully saturated rings. The van der Waals surface area contributed by atoms with Crippen LogP contribution in [0.2, 0.25) is 0 Å². The maximum Gasteiger partial charge on any atom is 0.135 e. The highest BCUT2D eigenvalue weighted by Crippen LogP contribution is 2.54. The minimum absolute atomic E-state index is 0.241. The molecule has 4 nitrogen and oxygen atoms in total. The van der Waals surface area contributed by atoms with Crippen molar-refractivity contribution in [1.82, 2.24) is 9.13 Å². The predicted molar refractivity (Wildman–Crippen MR) is 299 cm³/mol. The van der Waals surface area contributed by atoms with E-state index in [-0.39, 0.29) is 11.3 Å². The summed E-state index contributed by atoms with van der Waals surface area (Å²) in [5.74, 6) is 0.282. The number of aromatic nitrogens is 2. The first kappa shape index (κ1) is 41.6. The third-order valence-corrected chi connectivity index (χ3v) is 16.3. The lowest BCUT2D eigenvalue weighted by Crippen LogP contribution is -2.17. The molecule has 1 aliphatic rings. The molecular formula is C67H53N3O. The summed E-state index contributed by atoms with van der Waals surface area (Å²) in [4.78, 5) is 2.40. The summed E-state index contributed by atoms with van der Waals surface area (Å²) >= 11 is 0.